The Hall–Kier alpha value is -3.81. The molecule has 0 bridgehead atoms. The van der Waals surface area contributed by atoms with Gasteiger partial charge >= 0.3 is 0 Å². The van der Waals surface area contributed by atoms with Gasteiger partial charge in [-0.1, -0.05) is 42.5 Å². The van der Waals surface area contributed by atoms with Gasteiger partial charge in [-0.05, 0) is 37.5 Å². The number of halogens is 1. The molecule has 0 aliphatic carbocycles. The Balaban J connectivity index is 1.40. The van der Waals surface area contributed by atoms with Crippen molar-refractivity contribution in [1.82, 2.24) is 20.2 Å². The molecule has 1 aromatic heterocycles. The molecule has 170 valence electrons. The van der Waals surface area contributed by atoms with Crippen molar-refractivity contribution in [3.8, 4) is 5.75 Å². The van der Waals surface area contributed by atoms with E-state index in [0.29, 0.717) is 36.6 Å². The van der Waals surface area contributed by atoms with Crippen molar-refractivity contribution in [2.45, 2.75) is 32.4 Å². The molecule has 2 aromatic carbocycles. The first-order valence-electron chi connectivity index (χ1n) is 10.9. The zero-order valence-corrected chi connectivity index (χ0v) is 18.3. The molecule has 2 heterocycles. The van der Waals surface area contributed by atoms with Crippen LogP contribution < -0.4 is 10.1 Å². The van der Waals surface area contributed by atoms with Crippen molar-refractivity contribution in [1.29, 1.82) is 0 Å². The molecule has 1 aliphatic heterocycles. The summed E-state index contributed by atoms with van der Waals surface area (Å²) in [5.41, 5.74) is 1.94. The van der Waals surface area contributed by atoms with Crippen LogP contribution in [0.2, 0.25) is 0 Å². The average Bonchev–Trinajstić information content (AvgIpc) is 3.32. The second kappa shape index (κ2) is 10.2. The van der Waals surface area contributed by atoms with Gasteiger partial charge in [0.25, 0.3) is 11.8 Å². The van der Waals surface area contributed by atoms with Gasteiger partial charge in [-0.15, -0.1) is 0 Å². The Kier molecular flexibility index (Phi) is 6.92. The third kappa shape index (κ3) is 5.34. The molecule has 1 N–H and O–H groups in total. The van der Waals surface area contributed by atoms with Gasteiger partial charge in [0.05, 0.1) is 17.3 Å². The topological polar surface area (TPSA) is 84.4 Å². The van der Waals surface area contributed by atoms with E-state index in [1.54, 1.807) is 24.0 Å². The number of hydrogen-bond donors (Lipinski definition) is 1. The molecule has 1 saturated heterocycles. The van der Waals surface area contributed by atoms with Crippen molar-refractivity contribution < 1.29 is 18.7 Å². The largest absolute Gasteiger partial charge is 0.481 e. The molecule has 0 saturated carbocycles. The minimum Gasteiger partial charge on any atom is -0.481 e. The van der Waals surface area contributed by atoms with Crippen molar-refractivity contribution >= 4 is 11.8 Å². The van der Waals surface area contributed by atoms with E-state index < -0.39 is 5.82 Å². The van der Waals surface area contributed by atoms with Crippen LogP contribution in [0.1, 0.15) is 46.3 Å². The minimum atomic E-state index is -0.511. The fourth-order valence-corrected chi connectivity index (χ4v) is 3.86. The number of likely N-dealkylation sites (tertiary alicyclic amines) is 1. The zero-order chi connectivity index (χ0) is 23.2. The normalized spacial score (nSPS) is 15.3. The third-order valence-corrected chi connectivity index (χ3v) is 5.60. The zero-order valence-electron chi connectivity index (χ0n) is 18.3. The molecular formula is C25H25FN4O3. The van der Waals surface area contributed by atoms with E-state index in [1.165, 1.54) is 18.3 Å². The van der Waals surface area contributed by atoms with Crippen molar-refractivity contribution in [2.24, 2.45) is 0 Å². The van der Waals surface area contributed by atoms with E-state index in [0.717, 1.165) is 12.0 Å². The van der Waals surface area contributed by atoms with Gasteiger partial charge in [-0.25, -0.2) is 14.4 Å². The highest BCUT2D eigenvalue weighted by Gasteiger charge is 2.32. The quantitative estimate of drug-likeness (QED) is 0.597. The molecule has 1 unspecified atom stereocenters. The molecule has 7 nitrogen and oxygen atoms in total. The van der Waals surface area contributed by atoms with Crippen LogP contribution in [0, 0.1) is 12.7 Å². The van der Waals surface area contributed by atoms with E-state index in [2.05, 4.69) is 15.3 Å². The molecule has 2 amide bonds. The highest BCUT2D eigenvalue weighted by Crippen LogP contribution is 2.30. The Labute approximate surface area is 191 Å². The predicted octanol–water partition coefficient (Wildman–Crippen LogP) is 3.60. The second-order valence-electron chi connectivity index (χ2n) is 7.86. The Bertz CT molecular complexity index is 1140. The summed E-state index contributed by atoms with van der Waals surface area (Å²) in [6.07, 6.45) is 3.02. The second-order valence-corrected chi connectivity index (χ2v) is 7.86. The molecule has 33 heavy (non-hydrogen) atoms. The summed E-state index contributed by atoms with van der Waals surface area (Å²) in [5, 5.41) is 2.88. The predicted molar refractivity (Wildman–Crippen MR) is 120 cm³/mol. The van der Waals surface area contributed by atoms with Crippen LogP contribution in [0.4, 0.5) is 4.39 Å². The van der Waals surface area contributed by atoms with E-state index in [1.807, 2.05) is 30.3 Å². The van der Waals surface area contributed by atoms with Crippen molar-refractivity contribution in [2.75, 3.05) is 13.2 Å². The lowest BCUT2D eigenvalue weighted by Gasteiger charge is -2.24. The molecule has 0 radical (unpaired) electrons. The van der Waals surface area contributed by atoms with Crippen LogP contribution in [0.3, 0.4) is 0 Å². The summed E-state index contributed by atoms with van der Waals surface area (Å²) in [6, 6.07) is 15.3. The van der Waals surface area contributed by atoms with Gasteiger partial charge in [0, 0.05) is 19.3 Å². The summed E-state index contributed by atoms with van der Waals surface area (Å²) in [5.74, 6) is -0.487. The summed E-state index contributed by atoms with van der Waals surface area (Å²) >= 11 is 0. The number of hydrogen-bond acceptors (Lipinski definition) is 5. The summed E-state index contributed by atoms with van der Waals surface area (Å²) in [4.78, 5) is 35.9. The first-order valence-corrected chi connectivity index (χ1v) is 10.9. The summed E-state index contributed by atoms with van der Waals surface area (Å²) in [6.45, 7) is 2.45. The highest BCUT2D eigenvalue weighted by atomic mass is 19.1. The number of ether oxygens (including phenoxy) is 1. The third-order valence-electron chi connectivity index (χ3n) is 5.60. The number of nitrogens with zero attached hydrogens (tertiary/aromatic N) is 3. The lowest BCUT2D eigenvalue weighted by Crippen LogP contribution is -2.35. The van der Waals surface area contributed by atoms with Gasteiger partial charge in [0.2, 0.25) is 0 Å². The standard InChI is InChI=1S/C25H25FN4O3/c1-17-19(25(32)28-14-18-8-3-2-4-9-18)15-27-24(29-17)21-11-7-13-30(21)23(31)16-33-22-12-6-5-10-20(22)26/h2-6,8-10,12,15,21H,7,11,13-14,16H2,1H3,(H,28,32). The number of aromatic nitrogens is 2. The molecule has 0 spiro atoms. The van der Waals surface area contributed by atoms with Crippen LogP contribution >= 0.6 is 0 Å². The van der Waals surface area contributed by atoms with E-state index >= 15 is 0 Å². The fourth-order valence-electron chi connectivity index (χ4n) is 3.86. The monoisotopic (exact) mass is 448 g/mol. The molecular weight excluding hydrogens is 423 g/mol. The van der Waals surface area contributed by atoms with Crippen molar-refractivity contribution in [3.05, 3.63) is 89.3 Å². The number of amides is 2. The Morgan fingerprint density at radius 3 is 2.67 bits per heavy atom. The number of carbonyl (C=O) groups excluding carboxylic acids is 2. The summed E-state index contributed by atoms with van der Waals surface area (Å²) in [7, 11) is 0. The maximum atomic E-state index is 13.8. The smallest absolute Gasteiger partial charge is 0.261 e. The number of para-hydroxylation sites is 1. The molecule has 8 heteroatoms. The number of rotatable bonds is 7. The lowest BCUT2D eigenvalue weighted by molar-refractivity contribution is -0.134. The lowest BCUT2D eigenvalue weighted by atomic mass is 10.1. The van der Waals surface area contributed by atoms with Crippen LogP contribution in [0.5, 0.6) is 5.75 Å². The SMILES string of the molecule is Cc1nc(C2CCCN2C(=O)COc2ccccc2F)ncc1C(=O)NCc1ccccc1. The number of benzene rings is 2. The first-order chi connectivity index (χ1) is 16.0. The Morgan fingerprint density at radius 1 is 1.15 bits per heavy atom. The van der Waals surface area contributed by atoms with E-state index in [4.69, 9.17) is 4.74 Å². The minimum absolute atomic E-state index is 0.0413. The number of carbonyl (C=O) groups is 2. The Morgan fingerprint density at radius 2 is 1.91 bits per heavy atom. The molecule has 1 atom stereocenters. The van der Waals surface area contributed by atoms with E-state index in [9.17, 15) is 14.0 Å². The molecule has 1 fully saturated rings. The van der Waals surface area contributed by atoms with Crippen LogP contribution in [-0.4, -0.2) is 39.8 Å². The van der Waals surface area contributed by atoms with Crippen LogP contribution in [0.15, 0.2) is 60.8 Å². The van der Waals surface area contributed by atoms with Gasteiger partial charge < -0.3 is 15.0 Å². The van der Waals surface area contributed by atoms with Crippen molar-refractivity contribution in [3.63, 3.8) is 0 Å². The maximum Gasteiger partial charge on any atom is 0.261 e. The van der Waals surface area contributed by atoms with Gasteiger partial charge in [-0.2, -0.15) is 0 Å². The summed E-state index contributed by atoms with van der Waals surface area (Å²) < 4.78 is 19.1. The molecule has 4 rings (SSSR count). The van der Waals surface area contributed by atoms with Gasteiger partial charge in [-0.3, -0.25) is 9.59 Å². The number of aryl methyl sites for hydroxylation is 1. The molecule has 1 aliphatic rings. The van der Waals surface area contributed by atoms with Crippen LogP contribution in [0.25, 0.3) is 0 Å². The molecule has 3 aromatic rings. The number of nitrogens with one attached hydrogen (secondary N) is 1. The van der Waals surface area contributed by atoms with Crippen LogP contribution in [-0.2, 0) is 11.3 Å². The van der Waals surface area contributed by atoms with Gasteiger partial charge in [0.15, 0.2) is 24.0 Å². The van der Waals surface area contributed by atoms with Gasteiger partial charge in [0.1, 0.15) is 0 Å². The highest BCUT2D eigenvalue weighted by molar-refractivity contribution is 5.94. The fraction of sp³-hybridized carbons (Fsp3) is 0.280. The maximum absolute atomic E-state index is 13.8. The first kappa shape index (κ1) is 22.4. The van der Waals surface area contributed by atoms with E-state index in [-0.39, 0.29) is 30.2 Å². The average molecular weight is 448 g/mol.